The minimum absolute atomic E-state index is 0.0272. The number of nitrogens with one attached hydrogen (secondary N) is 1. The van der Waals surface area contributed by atoms with Crippen LogP contribution >= 0.6 is 0 Å². The van der Waals surface area contributed by atoms with Crippen molar-refractivity contribution in [3.8, 4) is 6.08 Å². The molecule has 0 aromatic carbocycles. The lowest BCUT2D eigenvalue weighted by Gasteiger charge is -2.05. The maximum absolute atomic E-state index is 5.37. The van der Waals surface area contributed by atoms with E-state index in [9.17, 15) is 0 Å². The Kier molecular flexibility index (Phi) is 3.31. The molecule has 0 saturated heterocycles. The number of aromatic nitrogens is 6. The van der Waals surface area contributed by atoms with Crippen molar-refractivity contribution in [1.29, 1.82) is 0 Å². The van der Waals surface area contributed by atoms with Crippen LogP contribution in [0.25, 0.3) is 0 Å². The Bertz CT molecular complexity index is 452. The van der Waals surface area contributed by atoms with E-state index in [4.69, 9.17) is 9.15 Å². The van der Waals surface area contributed by atoms with Gasteiger partial charge in [0.2, 0.25) is 5.89 Å². The van der Waals surface area contributed by atoms with Gasteiger partial charge < -0.3 is 9.15 Å². The van der Waals surface area contributed by atoms with E-state index < -0.39 is 0 Å². The lowest BCUT2D eigenvalue weighted by Crippen LogP contribution is -2.08. The van der Waals surface area contributed by atoms with E-state index in [1.54, 1.807) is 0 Å². The number of H-pyrrole nitrogens is 1. The summed E-state index contributed by atoms with van der Waals surface area (Å²) >= 11 is 0. The maximum atomic E-state index is 5.37. The van der Waals surface area contributed by atoms with Crippen molar-refractivity contribution in [2.45, 2.75) is 32.6 Å². The fourth-order valence-corrected chi connectivity index (χ4v) is 1.16. The van der Waals surface area contributed by atoms with Gasteiger partial charge in [-0.3, -0.25) is 0 Å². The molecule has 92 valence electrons. The quantitative estimate of drug-likeness (QED) is 0.824. The molecule has 0 bridgehead atoms. The third-order valence-corrected chi connectivity index (χ3v) is 2.20. The van der Waals surface area contributed by atoms with Crippen LogP contribution in [0.4, 0.5) is 0 Å². The molecule has 8 nitrogen and oxygen atoms in total. The first-order chi connectivity index (χ1) is 8.16. The van der Waals surface area contributed by atoms with Gasteiger partial charge in [-0.25, -0.2) is 5.10 Å². The Morgan fingerprint density at radius 1 is 1.24 bits per heavy atom. The summed E-state index contributed by atoms with van der Waals surface area (Å²) in [6, 6.07) is 0. The van der Waals surface area contributed by atoms with Crippen LogP contribution in [-0.4, -0.2) is 37.4 Å². The first-order valence-corrected chi connectivity index (χ1v) is 5.36. The molecule has 0 spiro atoms. The minimum atomic E-state index is 0.0272. The van der Waals surface area contributed by atoms with E-state index >= 15 is 0 Å². The molecule has 0 fully saturated rings. The summed E-state index contributed by atoms with van der Waals surface area (Å²) in [5, 5.41) is 21.1. The highest BCUT2D eigenvalue weighted by Crippen LogP contribution is 2.17. The molecular formula is C9H14N6O2. The Balaban J connectivity index is 1.89. The largest absolute Gasteiger partial charge is 0.448 e. The van der Waals surface area contributed by atoms with Crippen molar-refractivity contribution in [1.82, 2.24) is 30.8 Å². The number of tetrazole rings is 1. The number of hydrogen-bond acceptors (Lipinski definition) is 7. The van der Waals surface area contributed by atoms with Gasteiger partial charge >= 0.3 is 6.08 Å². The smallest absolute Gasteiger partial charge is 0.414 e. The van der Waals surface area contributed by atoms with Crippen LogP contribution in [0, 0.1) is 0 Å². The molecule has 0 aliphatic rings. The molecule has 1 unspecified atom stereocenters. The molecule has 0 amide bonds. The fraction of sp³-hybridized carbons (Fsp3) is 0.667. The van der Waals surface area contributed by atoms with Crippen LogP contribution < -0.4 is 4.74 Å². The highest BCUT2D eigenvalue weighted by atomic mass is 16.6. The topological polar surface area (TPSA) is 103 Å². The van der Waals surface area contributed by atoms with Crippen molar-refractivity contribution in [2.75, 3.05) is 6.61 Å². The van der Waals surface area contributed by atoms with E-state index in [1.165, 1.54) is 0 Å². The van der Waals surface area contributed by atoms with Crippen LogP contribution in [-0.2, 0) is 0 Å². The molecule has 8 heteroatoms. The molecule has 0 aliphatic carbocycles. The first-order valence-electron chi connectivity index (χ1n) is 5.36. The molecule has 2 aromatic rings. The highest BCUT2D eigenvalue weighted by Gasteiger charge is 2.14. The standard InChI is InChI=1S/C9H14N6O2/c1-5(2)8-12-13-9(17-8)16-4-6(3)7-10-14-15-11-7/h5-6H,4H2,1-3H3,(H,10,11,14,15). The van der Waals surface area contributed by atoms with E-state index in [2.05, 4.69) is 30.8 Å². The predicted molar refractivity (Wildman–Crippen MR) is 56.5 cm³/mol. The summed E-state index contributed by atoms with van der Waals surface area (Å²) in [5.41, 5.74) is 0. The summed E-state index contributed by atoms with van der Waals surface area (Å²) in [6.45, 7) is 6.25. The van der Waals surface area contributed by atoms with Gasteiger partial charge in [-0.1, -0.05) is 25.9 Å². The van der Waals surface area contributed by atoms with Gasteiger partial charge in [0.25, 0.3) is 0 Å². The van der Waals surface area contributed by atoms with Crippen LogP contribution in [0.2, 0.25) is 0 Å². The van der Waals surface area contributed by atoms with Crippen molar-refractivity contribution >= 4 is 0 Å². The zero-order valence-corrected chi connectivity index (χ0v) is 9.91. The maximum Gasteiger partial charge on any atom is 0.414 e. The van der Waals surface area contributed by atoms with E-state index in [0.717, 1.165) is 0 Å². The fourth-order valence-electron chi connectivity index (χ4n) is 1.16. The second-order valence-electron chi connectivity index (χ2n) is 4.06. The zero-order chi connectivity index (χ0) is 12.3. The van der Waals surface area contributed by atoms with Gasteiger partial charge in [0.15, 0.2) is 5.82 Å². The van der Waals surface area contributed by atoms with Gasteiger partial charge in [0, 0.05) is 5.92 Å². The average Bonchev–Trinajstić information content (AvgIpc) is 2.97. The molecule has 0 aliphatic heterocycles. The third-order valence-electron chi connectivity index (χ3n) is 2.20. The zero-order valence-electron chi connectivity index (χ0n) is 9.91. The van der Waals surface area contributed by atoms with E-state index in [0.29, 0.717) is 18.3 Å². The van der Waals surface area contributed by atoms with Gasteiger partial charge in [0.1, 0.15) is 6.61 Å². The average molecular weight is 238 g/mol. The van der Waals surface area contributed by atoms with Gasteiger partial charge in [0.05, 0.1) is 5.92 Å². The molecule has 2 aromatic heterocycles. The van der Waals surface area contributed by atoms with Gasteiger partial charge in [-0.2, -0.15) is 0 Å². The van der Waals surface area contributed by atoms with Crippen LogP contribution in [0.15, 0.2) is 4.42 Å². The first kappa shape index (κ1) is 11.5. The molecule has 17 heavy (non-hydrogen) atoms. The van der Waals surface area contributed by atoms with Crippen molar-refractivity contribution in [3.05, 3.63) is 11.7 Å². The number of hydrogen-bond donors (Lipinski definition) is 1. The van der Waals surface area contributed by atoms with E-state index in [-0.39, 0.29) is 17.9 Å². The highest BCUT2D eigenvalue weighted by molar-refractivity contribution is 4.93. The lowest BCUT2D eigenvalue weighted by molar-refractivity contribution is 0.209. The van der Waals surface area contributed by atoms with Crippen molar-refractivity contribution < 1.29 is 9.15 Å². The molecule has 0 radical (unpaired) electrons. The normalized spacial score (nSPS) is 12.9. The Labute approximate surface area is 97.8 Å². The molecule has 1 N–H and O–H groups in total. The van der Waals surface area contributed by atoms with Crippen molar-refractivity contribution in [2.24, 2.45) is 0 Å². The van der Waals surface area contributed by atoms with E-state index in [1.807, 2.05) is 20.8 Å². The second kappa shape index (κ2) is 4.89. The number of ether oxygens (including phenoxy) is 1. The number of aromatic amines is 1. The van der Waals surface area contributed by atoms with Crippen LogP contribution in [0.3, 0.4) is 0 Å². The summed E-state index contributed by atoms with van der Waals surface area (Å²) in [7, 11) is 0. The summed E-state index contributed by atoms with van der Waals surface area (Å²) < 4.78 is 10.7. The van der Waals surface area contributed by atoms with Crippen LogP contribution in [0.5, 0.6) is 6.08 Å². The van der Waals surface area contributed by atoms with Gasteiger partial charge in [-0.05, 0) is 10.4 Å². The van der Waals surface area contributed by atoms with Crippen molar-refractivity contribution in [3.63, 3.8) is 0 Å². The lowest BCUT2D eigenvalue weighted by atomic mass is 10.2. The Morgan fingerprint density at radius 3 is 2.65 bits per heavy atom. The number of nitrogens with zero attached hydrogens (tertiary/aromatic N) is 5. The Hall–Kier alpha value is -1.99. The summed E-state index contributed by atoms with van der Waals surface area (Å²) in [6.07, 6.45) is 0.174. The summed E-state index contributed by atoms with van der Waals surface area (Å²) in [5.74, 6) is 1.44. The third kappa shape index (κ3) is 2.77. The molecule has 2 heterocycles. The molecule has 1 atom stereocenters. The summed E-state index contributed by atoms with van der Waals surface area (Å²) in [4.78, 5) is 0. The SMILES string of the molecule is CC(C)c1nnc(OCC(C)c2nnn[nH]2)o1. The molecular weight excluding hydrogens is 224 g/mol. The van der Waals surface area contributed by atoms with Gasteiger partial charge in [-0.15, -0.1) is 10.2 Å². The minimum Gasteiger partial charge on any atom is -0.448 e. The molecule has 2 rings (SSSR count). The van der Waals surface area contributed by atoms with Crippen LogP contribution in [0.1, 0.15) is 44.3 Å². The number of rotatable bonds is 5. The second-order valence-corrected chi connectivity index (χ2v) is 4.06. The molecule has 0 saturated carbocycles. The monoisotopic (exact) mass is 238 g/mol. The predicted octanol–water partition coefficient (Wildman–Crippen LogP) is 0.889. The Morgan fingerprint density at radius 2 is 2.06 bits per heavy atom.